The number of rotatable bonds is 6. The number of aliphatic hydroxyl groups is 1. The van der Waals surface area contributed by atoms with E-state index in [-0.39, 0.29) is 6.10 Å². The highest BCUT2D eigenvalue weighted by molar-refractivity contribution is 5.17. The second-order valence-corrected chi connectivity index (χ2v) is 3.52. The van der Waals surface area contributed by atoms with E-state index in [2.05, 4.69) is 0 Å². The van der Waals surface area contributed by atoms with Gasteiger partial charge < -0.3 is 14.6 Å². The monoisotopic (exact) mass is 210 g/mol. The number of hydrogen-bond acceptors (Lipinski definition) is 3. The Hall–Kier alpha value is -0.900. The molecule has 1 aromatic rings. The van der Waals surface area contributed by atoms with Crippen LogP contribution in [0.3, 0.4) is 0 Å². The molecule has 3 heteroatoms. The summed E-state index contributed by atoms with van der Waals surface area (Å²) in [4.78, 5) is 0. The van der Waals surface area contributed by atoms with Crippen LogP contribution in [0.25, 0.3) is 0 Å². The van der Waals surface area contributed by atoms with Crippen LogP contribution in [0.15, 0.2) is 30.3 Å². The maximum absolute atomic E-state index is 9.04. The fraction of sp³-hybridized carbons (Fsp3) is 0.500. The van der Waals surface area contributed by atoms with Gasteiger partial charge in [0.1, 0.15) is 6.10 Å². The fourth-order valence-electron chi connectivity index (χ4n) is 1.31. The first-order valence-electron chi connectivity index (χ1n) is 5.07. The molecule has 0 bridgehead atoms. The van der Waals surface area contributed by atoms with Gasteiger partial charge in [0.15, 0.2) is 0 Å². The Bertz CT molecular complexity index is 259. The number of ether oxygens (including phenoxy) is 2. The van der Waals surface area contributed by atoms with Gasteiger partial charge in [0.2, 0.25) is 0 Å². The van der Waals surface area contributed by atoms with E-state index in [4.69, 9.17) is 14.6 Å². The van der Waals surface area contributed by atoms with E-state index < -0.39 is 6.10 Å². The van der Waals surface area contributed by atoms with Gasteiger partial charge in [-0.05, 0) is 12.5 Å². The lowest BCUT2D eigenvalue weighted by atomic mass is 10.1. The molecule has 0 radical (unpaired) electrons. The Morgan fingerprint density at radius 2 is 1.87 bits per heavy atom. The predicted molar refractivity (Wildman–Crippen MR) is 58.7 cm³/mol. The van der Waals surface area contributed by atoms with Crippen LogP contribution in [-0.2, 0) is 9.47 Å². The topological polar surface area (TPSA) is 38.7 Å². The summed E-state index contributed by atoms with van der Waals surface area (Å²) in [5.74, 6) is 0. The van der Waals surface area contributed by atoms with Gasteiger partial charge in [-0.25, -0.2) is 0 Å². The second kappa shape index (κ2) is 6.56. The van der Waals surface area contributed by atoms with Crippen LogP contribution >= 0.6 is 0 Å². The highest BCUT2D eigenvalue weighted by Gasteiger charge is 2.10. The van der Waals surface area contributed by atoms with Gasteiger partial charge in [0.25, 0.3) is 0 Å². The molecule has 2 unspecified atom stereocenters. The van der Waals surface area contributed by atoms with E-state index in [0.29, 0.717) is 13.2 Å². The molecule has 0 spiro atoms. The molecule has 84 valence electrons. The van der Waals surface area contributed by atoms with Crippen molar-refractivity contribution in [3.05, 3.63) is 35.9 Å². The first-order chi connectivity index (χ1) is 7.24. The van der Waals surface area contributed by atoms with Crippen LogP contribution < -0.4 is 0 Å². The standard InChI is InChI=1S/C12H18O3/c1-10(13)8-15-9-12(14-2)11-6-4-3-5-7-11/h3-7,10,12-13H,8-9H2,1-2H3. The summed E-state index contributed by atoms with van der Waals surface area (Å²) in [6.45, 7) is 2.50. The molecule has 1 N–H and O–H groups in total. The molecule has 2 atom stereocenters. The zero-order valence-corrected chi connectivity index (χ0v) is 9.22. The molecule has 15 heavy (non-hydrogen) atoms. The smallest absolute Gasteiger partial charge is 0.105 e. The minimum absolute atomic E-state index is 0.0649. The fourth-order valence-corrected chi connectivity index (χ4v) is 1.31. The van der Waals surface area contributed by atoms with E-state index in [0.717, 1.165) is 5.56 Å². The van der Waals surface area contributed by atoms with Crippen LogP contribution in [-0.4, -0.2) is 31.5 Å². The Balaban J connectivity index is 2.43. The quantitative estimate of drug-likeness (QED) is 0.777. The highest BCUT2D eigenvalue weighted by Crippen LogP contribution is 2.16. The summed E-state index contributed by atoms with van der Waals surface area (Å²) in [6.07, 6.45) is -0.497. The molecule has 0 aliphatic rings. The summed E-state index contributed by atoms with van der Waals surface area (Å²) >= 11 is 0. The van der Waals surface area contributed by atoms with E-state index in [9.17, 15) is 0 Å². The van der Waals surface area contributed by atoms with Gasteiger partial charge in [-0.1, -0.05) is 30.3 Å². The van der Waals surface area contributed by atoms with Crippen molar-refractivity contribution < 1.29 is 14.6 Å². The van der Waals surface area contributed by atoms with Crippen LogP contribution in [0.2, 0.25) is 0 Å². The number of benzene rings is 1. The molecular formula is C12H18O3. The first kappa shape index (κ1) is 12.2. The Labute approximate surface area is 90.6 Å². The van der Waals surface area contributed by atoms with E-state index >= 15 is 0 Å². The highest BCUT2D eigenvalue weighted by atomic mass is 16.5. The zero-order valence-electron chi connectivity index (χ0n) is 9.22. The van der Waals surface area contributed by atoms with Gasteiger partial charge in [0, 0.05) is 7.11 Å². The molecule has 1 rings (SSSR count). The summed E-state index contributed by atoms with van der Waals surface area (Å²) in [5.41, 5.74) is 1.09. The maximum atomic E-state index is 9.04. The molecule has 0 aromatic heterocycles. The van der Waals surface area contributed by atoms with Crippen molar-refractivity contribution in [1.29, 1.82) is 0 Å². The lowest BCUT2D eigenvalue weighted by Gasteiger charge is -2.16. The van der Waals surface area contributed by atoms with Crippen molar-refractivity contribution in [2.75, 3.05) is 20.3 Å². The second-order valence-electron chi connectivity index (χ2n) is 3.52. The average molecular weight is 210 g/mol. The van der Waals surface area contributed by atoms with Crippen molar-refractivity contribution >= 4 is 0 Å². The normalized spacial score (nSPS) is 14.9. The third-order valence-corrected chi connectivity index (χ3v) is 2.08. The third kappa shape index (κ3) is 4.42. The van der Waals surface area contributed by atoms with E-state index in [1.807, 2.05) is 30.3 Å². The van der Waals surface area contributed by atoms with Gasteiger partial charge in [-0.15, -0.1) is 0 Å². The van der Waals surface area contributed by atoms with Gasteiger partial charge >= 0.3 is 0 Å². The molecule has 0 saturated heterocycles. The minimum Gasteiger partial charge on any atom is -0.391 e. The Morgan fingerprint density at radius 3 is 2.40 bits per heavy atom. The molecule has 0 aliphatic carbocycles. The maximum Gasteiger partial charge on any atom is 0.105 e. The van der Waals surface area contributed by atoms with Gasteiger partial charge in [-0.2, -0.15) is 0 Å². The third-order valence-electron chi connectivity index (χ3n) is 2.08. The summed E-state index contributed by atoms with van der Waals surface area (Å²) in [7, 11) is 1.66. The van der Waals surface area contributed by atoms with Gasteiger partial charge in [0.05, 0.1) is 19.3 Å². The molecule has 1 aromatic carbocycles. The molecule has 0 fully saturated rings. The number of hydrogen-bond donors (Lipinski definition) is 1. The van der Waals surface area contributed by atoms with E-state index in [1.54, 1.807) is 14.0 Å². The Kier molecular flexibility index (Phi) is 5.32. The average Bonchev–Trinajstić information content (AvgIpc) is 2.25. The largest absolute Gasteiger partial charge is 0.391 e. The Morgan fingerprint density at radius 1 is 1.20 bits per heavy atom. The summed E-state index contributed by atoms with van der Waals surface area (Å²) < 4.78 is 10.6. The molecule has 0 heterocycles. The lowest BCUT2D eigenvalue weighted by Crippen LogP contribution is -2.16. The van der Waals surface area contributed by atoms with Crippen LogP contribution in [0.1, 0.15) is 18.6 Å². The van der Waals surface area contributed by atoms with Crippen LogP contribution in [0.5, 0.6) is 0 Å². The van der Waals surface area contributed by atoms with Crippen molar-refractivity contribution in [2.24, 2.45) is 0 Å². The van der Waals surface area contributed by atoms with Crippen LogP contribution in [0, 0.1) is 0 Å². The van der Waals surface area contributed by atoms with Crippen molar-refractivity contribution in [1.82, 2.24) is 0 Å². The molecule has 0 aliphatic heterocycles. The van der Waals surface area contributed by atoms with E-state index in [1.165, 1.54) is 0 Å². The van der Waals surface area contributed by atoms with Crippen LogP contribution in [0.4, 0.5) is 0 Å². The number of aliphatic hydroxyl groups excluding tert-OH is 1. The predicted octanol–water partition coefficient (Wildman–Crippen LogP) is 1.77. The van der Waals surface area contributed by atoms with Crippen molar-refractivity contribution in [3.8, 4) is 0 Å². The summed E-state index contributed by atoms with van der Waals surface area (Å²) in [6, 6.07) is 9.90. The molecule has 0 amide bonds. The zero-order chi connectivity index (χ0) is 11.1. The summed E-state index contributed by atoms with van der Waals surface area (Å²) in [5, 5.41) is 9.04. The molecular weight excluding hydrogens is 192 g/mol. The minimum atomic E-state index is -0.432. The molecule has 0 saturated carbocycles. The van der Waals surface area contributed by atoms with Crippen molar-refractivity contribution in [2.45, 2.75) is 19.1 Å². The van der Waals surface area contributed by atoms with Gasteiger partial charge in [-0.3, -0.25) is 0 Å². The first-order valence-corrected chi connectivity index (χ1v) is 5.07. The lowest BCUT2D eigenvalue weighted by molar-refractivity contribution is -0.0200. The van der Waals surface area contributed by atoms with Crippen molar-refractivity contribution in [3.63, 3.8) is 0 Å². The molecule has 3 nitrogen and oxygen atoms in total. The SMILES string of the molecule is COC(COCC(C)O)c1ccccc1. The number of methoxy groups -OCH3 is 1.